The van der Waals surface area contributed by atoms with E-state index in [1.807, 2.05) is 6.92 Å². The van der Waals surface area contributed by atoms with Gasteiger partial charge in [-0.05, 0) is 104 Å². The molecular formula is C47H76O18. The van der Waals surface area contributed by atoms with Crippen molar-refractivity contribution < 1.29 is 89.4 Å². The quantitative estimate of drug-likeness (QED) is 0.132. The van der Waals surface area contributed by atoms with Gasteiger partial charge in [-0.15, -0.1) is 0 Å². The Balaban J connectivity index is 0.944. The van der Waals surface area contributed by atoms with Crippen LogP contribution in [0.25, 0.3) is 0 Å². The maximum atomic E-state index is 13.1. The normalized spacial score (nSPS) is 54.3. The van der Waals surface area contributed by atoms with Crippen molar-refractivity contribution in [3.63, 3.8) is 0 Å². The highest BCUT2D eigenvalue weighted by molar-refractivity contribution is 5.76. The summed E-state index contributed by atoms with van der Waals surface area (Å²) < 4.78 is 34.7. The third-order valence-electron chi connectivity index (χ3n) is 19.1. The minimum atomic E-state index is -1.81. The SMILES string of the molecule is CC1(C)CC[C@]2(C(=O)O)CC[C@]3(C)C(=CC[C@@H]4[C@@]5(C)CC[C@H](O)[C@@](C)(CO[C@@H]6O[C@H](CO[C@@H]7O[C@H](CO)[C@@H](O[C@@H]8OC[C@@H](O)[C@H](O)[C@H]8O)[C@H](O)[C@H]7O)[C@@H](O)[C@H](O)[C@H]6O)[C@@H]5CC[C@]43C)[C@@H]2C1. The third-order valence-corrected chi connectivity index (χ3v) is 19.1. The number of rotatable bonds is 10. The first-order valence-electron chi connectivity index (χ1n) is 23.9. The van der Waals surface area contributed by atoms with Gasteiger partial charge in [-0.1, -0.05) is 53.2 Å². The minimum Gasteiger partial charge on any atom is -0.481 e. The van der Waals surface area contributed by atoms with Crippen LogP contribution >= 0.6 is 0 Å². The molecular weight excluding hydrogens is 852 g/mol. The fraction of sp³-hybridized carbons (Fsp3) is 0.936. The third kappa shape index (κ3) is 7.98. The van der Waals surface area contributed by atoms with Crippen molar-refractivity contribution in [1.29, 1.82) is 0 Å². The Hall–Kier alpha value is -1.43. The summed E-state index contributed by atoms with van der Waals surface area (Å²) in [7, 11) is 0. The smallest absolute Gasteiger partial charge is 0.310 e. The summed E-state index contributed by atoms with van der Waals surface area (Å²) in [5.74, 6) is -0.434. The molecule has 11 N–H and O–H groups in total. The molecule has 0 spiro atoms. The second kappa shape index (κ2) is 17.8. The number of carboxylic acid groups (broad SMARTS) is 1. The van der Waals surface area contributed by atoms with Crippen molar-refractivity contribution in [2.24, 2.45) is 50.2 Å². The number of hydrogen-bond acceptors (Lipinski definition) is 17. The standard InChI is InChI=1S/C47H76O18/c1-42(2)13-15-47(41(58)59)16-14-45(5)22(23(47)17-42)7-8-28-43(3)11-10-29(50)44(4,27(43)9-12-46(28,45)6)21-62-40-35(56)32(53)31(52)26(64-40)20-61-38-36(57)33(54)37(25(18-48)63-38)65-39-34(55)30(51)24(49)19-60-39/h7,23-40,48-57H,8-21H2,1-6H3,(H,58,59)/t23-,24+,25+,26+,27+,28+,29-,30-,31+,32-,33+,34+,35+,36+,37+,38+,39-,40+,43-,44-,45+,46+,47-/m0/s1. The van der Waals surface area contributed by atoms with E-state index in [0.29, 0.717) is 19.3 Å². The Labute approximate surface area is 380 Å². The van der Waals surface area contributed by atoms with Crippen molar-refractivity contribution in [1.82, 2.24) is 0 Å². The first kappa shape index (κ1) is 50.0. The minimum absolute atomic E-state index is 0.00527. The summed E-state index contributed by atoms with van der Waals surface area (Å²) in [6.07, 6.45) is -12.8. The molecule has 8 aliphatic rings. The van der Waals surface area contributed by atoms with Gasteiger partial charge in [0.1, 0.15) is 67.1 Å². The van der Waals surface area contributed by atoms with Crippen molar-refractivity contribution in [3.8, 4) is 0 Å². The molecule has 18 nitrogen and oxygen atoms in total. The maximum Gasteiger partial charge on any atom is 0.310 e. The molecule has 23 atom stereocenters. The average molecular weight is 929 g/mol. The van der Waals surface area contributed by atoms with E-state index in [0.717, 1.165) is 44.9 Å². The zero-order chi connectivity index (χ0) is 47.4. The number of ether oxygens (including phenoxy) is 6. The predicted octanol–water partition coefficient (Wildman–Crippen LogP) is 0.318. The lowest BCUT2D eigenvalue weighted by Crippen LogP contribution is -2.66. The number of hydrogen-bond donors (Lipinski definition) is 11. The summed E-state index contributed by atoms with van der Waals surface area (Å²) in [6, 6.07) is 0. The second-order valence-corrected chi connectivity index (χ2v) is 23.0. The Bertz CT molecular complexity index is 1760. The van der Waals surface area contributed by atoms with Crippen LogP contribution < -0.4 is 0 Å². The molecule has 8 rings (SSSR count). The van der Waals surface area contributed by atoms with E-state index in [9.17, 15) is 61.0 Å². The van der Waals surface area contributed by atoms with E-state index in [1.54, 1.807) is 0 Å². The van der Waals surface area contributed by atoms with Gasteiger partial charge in [0, 0.05) is 5.41 Å². The summed E-state index contributed by atoms with van der Waals surface area (Å²) in [4.78, 5) is 13.1. The first-order chi connectivity index (χ1) is 30.4. The fourth-order valence-corrected chi connectivity index (χ4v) is 14.7. The summed E-state index contributed by atoms with van der Waals surface area (Å²) in [5.41, 5.74) is -0.681. The van der Waals surface area contributed by atoms with Crippen molar-refractivity contribution in [3.05, 3.63) is 11.6 Å². The summed E-state index contributed by atoms with van der Waals surface area (Å²) in [5, 5.41) is 118. The lowest BCUT2D eigenvalue weighted by Gasteiger charge is -2.71. The number of fused-ring (bicyclic) bond motifs is 7. The summed E-state index contributed by atoms with van der Waals surface area (Å²) in [6.45, 7) is 12.0. The molecule has 0 radical (unpaired) electrons. The molecule has 0 aromatic carbocycles. The highest BCUT2D eigenvalue weighted by Gasteiger charge is 2.70. The van der Waals surface area contributed by atoms with Crippen LogP contribution in [0.15, 0.2) is 11.6 Å². The van der Waals surface area contributed by atoms with Gasteiger partial charge >= 0.3 is 5.97 Å². The molecule has 0 aromatic heterocycles. The van der Waals surface area contributed by atoms with Crippen LogP contribution in [0.1, 0.15) is 106 Å². The van der Waals surface area contributed by atoms with Crippen molar-refractivity contribution in [2.75, 3.05) is 26.4 Å². The molecule has 5 aliphatic carbocycles. The molecule has 3 saturated heterocycles. The number of allylic oxidation sites excluding steroid dienone is 2. The van der Waals surface area contributed by atoms with Gasteiger partial charge in [0.2, 0.25) is 0 Å². The molecule has 18 heteroatoms. The van der Waals surface area contributed by atoms with Crippen molar-refractivity contribution in [2.45, 2.75) is 198 Å². The van der Waals surface area contributed by atoms with Crippen LogP contribution in [-0.4, -0.2) is 181 Å². The Morgan fingerprint density at radius 1 is 0.708 bits per heavy atom. The molecule has 372 valence electrons. The highest BCUT2D eigenvalue weighted by Crippen LogP contribution is 2.76. The first-order valence-corrected chi connectivity index (χ1v) is 23.9. The van der Waals surface area contributed by atoms with Gasteiger partial charge in [0.05, 0.1) is 37.9 Å². The van der Waals surface area contributed by atoms with Crippen LogP contribution in [0.5, 0.6) is 0 Å². The lowest BCUT2D eigenvalue weighted by atomic mass is 9.33. The molecule has 7 fully saturated rings. The fourth-order valence-electron chi connectivity index (χ4n) is 14.7. The molecule has 0 unspecified atom stereocenters. The van der Waals surface area contributed by atoms with E-state index in [1.165, 1.54) is 5.57 Å². The van der Waals surface area contributed by atoms with E-state index in [4.69, 9.17) is 28.4 Å². The second-order valence-electron chi connectivity index (χ2n) is 23.0. The molecule has 0 bridgehead atoms. The van der Waals surface area contributed by atoms with Gasteiger partial charge in [0.15, 0.2) is 18.9 Å². The largest absolute Gasteiger partial charge is 0.481 e. The number of carbonyl (C=O) groups is 1. The zero-order valence-electron chi connectivity index (χ0n) is 38.6. The van der Waals surface area contributed by atoms with Gasteiger partial charge in [-0.2, -0.15) is 0 Å². The number of aliphatic carboxylic acids is 1. The van der Waals surface area contributed by atoms with E-state index in [2.05, 4.69) is 40.7 Å². The van der Waals surface area contributed by atoms with Crippen LogP contribution in [0.3, 0.4) is 0 Å². The monoisotopic (exact) mass is 929 g/mol. The van der Waals surface area contributed by atoms with Crippen LogP contribution in [-0.2, 0) is 33.2 Å². The van der Waals surface area contributed by atoms with Gasteiger partial charge in [-0.3, -0.25) is 4.79 Å². The number of aliphatic hydroxyl groups is 10. The van der Waals surface area contributed by atoms with Gasteiger partial charge in [0.25, 0.3) is 0 Å². The van der Waals surface area contributed by atoms with E-state index >= 15 is 0 Å². The maximum absolute atomic E-state index is 13.1. The Morgan fingerprint density at radius 3 is 2.05 bits per heavy atom. The Morgan fingerprint density at radius 2 is 1.35 bits per heavy atom. The topological polar surface area (TPSA) is 295 Å². The molecule has 0 amide bonds. The van der Waals surface area contributed by atoms with Crippen molar-refractivity contribution >= 4 is 5.97 Å². The molecule has 3 heterocycles. The molecule has 65 heavy (non-hydrogen) atoms. The van der Waals surface area contributed by atoms with Crippen LogP contribution in [0.2, 0.25) is 0 Å². The van der Waals surface area contributed by atoms with Crippen LogP contribution in [0, 0.1) is 50.2 Å². The molecule has 0 aromatic rings. The lowest BCUT2D eigenvalue weighted by molar-refractivity contribution is -0.357. The predicted molar refractivity (Wildman–Crippen MR) is 226 cm³/mol. The van der Waals surface area contributed by atoms with E-state index < -0.39 is 129 Å². The molecule has 3 aliphatic heterocycles. The number of aliphatic hydroxyl groups excluding tert-OH is 10. The van der Waals surface area contributed by atoms with Crippen LogP contribution in [0.4, 0.5) is 0 Å². The summed E-state index contributed by atoms with van der Waals surface area (Å²) >= 11 is 0. The number of carboxylic acids is 1. The van der Waals surface area contributed by atoms with Gasteiger partial charge < -0.3 is 84.6 Å². The van der Waals surface area contributed by atoms with E-state index in [-0.39, 0.29) is 46.0 Å². The highest BCUT2D eigenvalue weighted by atomic mass is 16.7. The average Bonchev–Trinajstić information content (AvgIpc) is 3.25. The Kier molecular flexibility index (Phi) is 13.7. The van der Waals surface area contributed by atoms with Gasteiger partial charge in [-0.25, -0.2) is 0 Å². The molecule has 4 saturated carbocycles. The zero-order valence-corrected chi connectivity index (χ0v) is 38.6.